The summed E-state index contributed by atoms with van der Waals surface area (Å²) >= 11 is 0. The standard InChI is InChI=1S/C17H20N2O4/c1-13(16(20)19(2)11-15-9-6-10-22-15)18-17(21)23-12-14-7-4-3-5-8-14/h3-10,13H,11-12H2,1-2H3,(H,18,21)/t13-/m0/s1. The Kier molecular flexibility index (Phi) is 5.80. The SMILES string of the molecule is C[C@H](NC(=O)OCc1ccccc1)C(=O)N(C)Cc1ccco1. The second-order valence-corrected chi connectivity index (χ2v) is 5.20. The summed E-state index contributed by atoms with van der Waals surface area (Å²) in [5, 5.41) is 2.53. The molecule has 1 N–H and O–H groups in total. The lowest BCUT2D eigenvalue weighted by Gasteiger charge is -2.21. The average molecular weight is 316 g/mol. The van der Waals surface area contributed by atoms with Crippen LogP contribution in [0.25, 0.3) is 0 Å². The van der Waals surface area contributed by atoms with Gasteiger partial charge in [-0.3, -0.25) is 4.79 Å². The van der Waals surface area contributed by atoms with Gasteiger partial charge in [-0.1, -0.05) is 30.3 Å². The number of rotatable bonds is 6. The Morgan fingerprint density at radius 1 is 1.22 bits per heavy atom. The van der Waals surface area contributed by atoms with Crippen LogP contribution in [0.4, 0.5) is 4.79 Å². The highest BCUT2D eigenvalue weighted by molar-refractivity contribution is 5.85. The van der Waals surface area contributed by atoms with E-state index in [4.69, 9.17) is 9.15 Å². The van der Waals surface area contributed by atoms with Crippen LogP contribution in [0.1, 0.15) is 18.2 Å². The predicted molar refractivity (Wildman–Crippen MR) is 84.4 cm³/mol. The van der Waals surface area contributed by atoms with Crippen molar-refractivity contribution < 1.29 is 18.7 Å². The van der Waals surface area contributed by atoms with Crippen molar-refractivity contribution in [1.29, 1.82) is 0 Å². The summed E-state index contributed by atoms with van der Waals surface area (Å²) in [6.07, 6.45) is 0.928. The molecule has 6 nitrogen and oxygen atoms in total. The topological polar surface area (TPSA) is 71.8 Å². The first-order valence-corrected chi connectivity index (χ1v) is 7.31. The molecule has 2 aromatic rings. The third-order valence-electron chi connectivity index (χ3n) is 3.27. The molecular formula is C17H20N2O4. The second-order valence-electron chi connectivity index (χ2n) is 5.20. The van der Waals surface area contributed by atoms with Crippen LogP contribution in [0.3, 0.4) is 0 Å². The van der Waals surface area contributed by atoms with Crippen LogP contribution in [0, 0.1) is 0 Å². The van der Waals surface area contributed by atoms with Gasteiger partial charge in [0.15, 0.2) is 0 Å². The quantitative estimate of drug-likeness (QED) is 0.889. The van der Waals surface area contributed by atoms with Crippen LogP contribution >= 0.6 is 0 Å². The van der Waals surface area contributed by atoms with E-state index in [-0.39, 0.29) is 12.5 Å². The number of nitrogens with zero attached hydrogens (tertiary/aromatic N) is 1. The number of nitrogens with one attached hydrogen (secondary N) is 1. The van der Waals surface area contributed by atoms with Crippen LogP contribution in [-0.4, -0.2) is 30.0 Å². The maximum absolute atomic E-state index is 12.2. The van der Waals surface area contributed by atoms with Crippen LogP contribution in [0.15, 0.2) is 53.1 Å². The van der Waals surface area contributed by atoms with Gasteiger partial charge in [-0.05, 0) is 24.6 Å². The normalized spacial score (nSPS) is 11.6. The molecule has 0 bridgehead atoms. The van der Waals surface area contributed by atoms with Gasteiger partial charge in [0, 0.05) is 7.05 Å². The molecular weight excluding hydrogens is 296 g/mol. The molecule has 2 amide bonds. The van der Waals surface area contributed by atoms with Crippen molar-refractivity contribution in [2.24, 2.45) is 0 Å². The van der Waals surface area contributed by atoms with E-state index < -0.39 is 12.1 Å². The molecule has 0 spiro atoms. The summed E-state index contributed by atoms with van der Waals surface area (Å²) in [6, 6.07) is 12.2. The summed E-state index contributed by atoms with van der Waals surface area (Å²) in [5.41, 5.74) is 0.886. The highest BCUT2D eigenvalue weighted by Crippen LogP contribution is 2.05. The average Bonchev–Trinajstić information content (AvgIpc) is 3.06. The molecule has 122 valence electrons. The minimum absolute atomic E-state index is 0.163. The maximum Gasteiger partial charge on any atom is 0.408 e. The maximum atomic E-state index is 12.2. The Morgan fingerprint density at radius 2 is 1.96 bits per heavy atom. The number of carbonyl (C=O) groups is 2. The lowest BCUT2D eigenvalue weighted by molar-refractivity contribution is -0.132. The Hall–Kier alpha value is -2.76. The minimum Gasteiger partial charge on any atom is -0.467 e. The van der Waals surface area contributed by atoms with Crippen molar-refractivity contribution in [3.63, 3.8) is 0 Å². The van der Waals surface area contributed by atoms with Gasteiger partial charge in [0.1, 0.15) is 18.4 Å². The molecule has 2 rings (SSSR count). The number of alkyl carbamates (subject to hydrolysis) is 1. The smallest absolute Gasteiger partial charge is 0.408 e. The van der Waals surface area contributed by atoms with Crippen molar-refractivity contribution in [3.05, 3.63) is 60.1 Å². The van der Waals surface area contributed by atoms with Crippen LogP contribution < -0.4 is 5.32 Å². The zero-order valence-corrected chi connectivity index (χ0v) is 13.2. The number of benzene rings is 1. The number of hydrogen-bond donors (Lipinski definition) is 1. The highest BCUT2D eigenvalue weighted by Gasteiger charge is 2.20. The molecule has 23 heavy (non-hydrogen) atoms. The van der Waals surface area contributed by atoms with Crippen molar-refractivity contribution in [2.45, 2.75) is 26.1 Å². The van der Waals surface area contributed by atoms with Crippen molar-refractivity contribution in [2.75, 3.05) is 7.05 Å². The van der Waals surface area contributed by atoms with Crippen LogP contribution in [-0.2, 0) is 22.7 Å². The molecule has 0 saturated carbocycles. The fraction of sp³-hybridized carbons (Fsp3) is 0.294. The van der Waals surface area contributed by atoms with E-state index in [1.54, 1.807) is 32.4 Å². The molecule has 0 unspecified atom stereocenters. The van der Waals surface area contributed by atoms with Gasteiger partial charge in [0.2, 0.25) is 5.91 Å². The van der Waals surface area contributed by atoms with E-state index in [9.17, 15) is 9.59 Å². The highest BCUT2D eigenvalue weighted by atomic mass is 16.5. The fourth-order valence-electron chi connectivity index (χ4n) is 2.05. The van der Waals surface area contributed by atoms with E-state index in [1.807, 2.05) is 30.3 Å². The summed E-state index contributed by atoms with van der Waals surface area (Å²) in [6.45, 7) is 2.12. The van der Waals surface area contributed by atoms with Gasteiger partial charge in [-0.15, -0.1) is 0 Å². The van der Waals surface area contributed by atoms with Crippen molar-refractivity contribution >= 4 is 12.0 Å². The van der Waals surface area contributed by atoms with Gasteiger partial charge >= 0.3 is 6.09 Å². The molecule has 0 fully saturated rings. The minimum atomic E-state index is -0.682. The van der Waals surface area contributed by atoms with Gasteiger partial charge < -0.3 is 19.4 Å². The van der Waals surface area contributed by atoms with Crippen LogP contribution in [0.5, 0.6) is 0 Å². The lowest BCUT2D eigenvalue weighted by Crippen LogP contribution is -2.45. The summed E-state index contributed by atoms with van der Waals surface area (Å²) in [4.78, 5) is 25.4. The number of amides is 2. The van der Waals surface area contributed by atoms with E-state index in [0.29, 0.717) is 12.3 Å². The zero-order valence-electron chi connectivity index (χ0n) is 13.2. The summed E-state index contributed by atoms with van der Waals surface area (Å²) in [7, 11) is 1.65. The first-order chi connectivity index (χ1) is 11.1. The number of likely N-dealkylation sites (N-methyl/N-ethyl adjacent to an activating group) is 1. The molecule has 0 aliphatic heterocycles. The van der Waals surface area contributed by atoms with Crippen LogP contribution in [0.2, 0.25) is 0 Å². The van der Waals surface area contributed by atoms with Gasteiger partial charge in [-0.25, -0.2) is 4.79 Å². The number of furan rings is 1. The first kappa shape index (κ1) is 16.6. The monoisotopic (exact) mass is 316 g/mol. The zero-order chi connectivity index (χ0) is 16.7. The molecule has 0 radical (unpaired) electrons. The number of hydrogen-bond acceptors (Lipinski definition) is 4. The lowest BCUT2D eigenvalue weighted by atomic mass is 10.2. The van der Waals surface area contributed by atoms with E-state index in [0.717, 1.165) is 5.56 Å². The third-order valence-corrected chi connectivity index (χ3v) is 3.27. The second kappa shape index (κ2) is 8.03. The molecule has 1 heterocycles. The molecule has 0 saturated heterocycles. The predicted octanol–water partition coefficient (Wildman–Crippen LogP) is 2.55. The van der Waals surface area contributed by atoms with E-state index in [1.165, 1.54) is 4.90 Å². The first-order valence-electron chi connectivity index (χ1n) is 7.31. The van der Waals surface area contributed by atoms with E-state index in [2.05, 4.69) is 5.32 Å². The van der Waals surface area contributed by atoms with Gasteiger partial charge in [0.25, 0.3) is 0 Å². The molecule has 1 aromatic carbocycles. The van der Waals surface area contributed by atoms with E-state index >= 15 is 0 Å². The molecule has 0 aliphatic carbocycles. The summed E-state index contributed by atoms with van der Waals surface area (Å²) < 4.78 is 10.3. The van der Waals surface area contributed by atoms with Gasteiger partial charge in [-0.2, -0.15) is 0 Å². The summed E-state index contributed by atoms with van der Waals surface area (Å²) in [5.74, 6) is 0.456. The van der Waals surface area contributed by atoms with Crippen molar-refractivity contribution in [3.8, 4) is 0 Å². The van der Waals surface area contributed by atoms with Crippen molar-refractivity contribution in [1.82, 2.24) is 10.2 Å². The molecule has 6 heteroatoms. The molecule has 0 aliphatic rings. The Bertz CT molecular complexity index is 625. The Balaban J connectivity index is 1.77. The van der Waals surface area contributed by atoms with Gasteiger partial charge in [0.05, 0.1) is 12.8 Å². The Morgan fingerprint density at radius 3 is 2.61 bits per heavy atom. The third kappa shape index (κ3) is 5.18. The Labute approximate surface area is 135 Å². The molecule has 1 aromatic heterocycles. The number of carbonyl (C=O) groups excluding carboxylic acids is 2. The fourth-order valence-corrected chi connectivity index (χ4v) is 2.05. The largest absolute Gasteiger partial charge is 0.467 e. The molecule has 1 atom stereocenters. The number of ether oxygens (including phenoxy) is 1.